The minimum absolute atomic E-state index is 0.235. The minimum atomic E-state index is -0.359. The van der Waals surface area contributed by atoms with Gasteiger partial charge in [-0.15, -0.1) is 0 Å². The highest BCUT2D eigenvalue weighted by Crippen LogP contribution is 2.15. The second-order valence-corrected chi connectivity index (χ2v) is 5.19. The van der Waals surface area contributed by atoms with Gasteiger partial charge >= 0.3 is 0 Å². The Morgan fingerprint density at radius 1 is 1.30 bits per heavy atom. The molecule has 0 unspecified atom stereocenters. The van der Waals surface area contributed by atoms with Gasteiger partial charge in [-0.1, -0.05) is 18.2 Å². The lowest BCUT2D eigenvalue weighted by Crippen LogP contribution is -2.27. The molecule has 118 valence electrons. The normalized spacial score (nSPS) is 11.3. The smallest absolute Gasteiger partial charge is 0.251 e. The van der Waals surface area contributed by atoms with Gasteiger partial charge in [0.15, 0.2) is 0 Å². The van der Waals surface area contributed by atoms with Crippen LogP contribution in [0.4, 0.5) is 4.39 Å². The van der Waals surface area contributed by atoms with Gasteiger partial charge in [-0.25, -0.2) is 4.39 Å². The second-order valence-electron chi connectivity index (χ2n) is 5.19. The molecule has 0 aliphatic carbocycles. The number of nitrogens with zero attached hydrogens (tertiary/aromatic N) is 1. The summed E-state index contributed by atoms with van der Waals surface area (Å²) in [5, 5.41) is 11.4. The first-order chi connectivity index (χ1) is 11.1. The highest BCUT2D eigenvalue weighted by molar-refractivity contribution is 5.94. The zero-order valence-electron chi connectivity index (χ0n) is 12.8. The molecule has 0 saturated heterocycles. The molecule has 5 heteroatoms. The number of hydrogen-bond acceptors (Lipinski definition) is 3. The average Bonchev–Trinajstić information content (AvgIpc) is 2.58. The Kier molecular flexibility index (Phi) is 5.70. The summed E-state index contributed by atoms with van der Waals surface area (Å²) in [7, 11) is 0. The Bertz CT molecular complexity index is 725. The first kappa shape index (κ1) is 16.5. The quantitative estimate of drug-likeness (QED) is 0.890. The minimum Gasteiger partial charge on any atom is -0.489 e. The van der Waals surface area contributed by atoms with Gasteiger partial charge in [0.2, 0.25) is 0 Å². The average molecular weight is 312 g/mol. The van der Waals surface area contributed by atoms with Gasteiger partial charge in [-0.2, -0.15) is 5.26 Å². The van der Waals surface area contributed by atoms with Gasteiger partial charge in [0.05, 0.1) is 12.0 Å². The Hall–Kier alpha value is -2.87. The first-order valence-corrected chi connectivity index (χ1v) is 7.23. The number of ether oxygens (including phenoxy) is 1. The zero-order chi connectivity index (χ0) is 16.7. The molecule has 0 spiro atoms. The van der Waals surface area contributed by atoms with Crippen LogP contribution in [0.1, 0.15) is 22.8 Å². The van der Waals surface area contributed by atoms with Crippen molar-refractivity contribution in [2.75, 3.05) is 6.54 Å². The van der Waals surface area contributed by atoms with Gasteiger partial charge in [-0.3, -0.25) is 4.79 Å². The van der Waals surface area contributed by atoms with E-state index in [4.69, 9.17) is 10.00 Å². The van der Waals surface area contributed by atoms with Crippen molar-refractivity contribution in [3.63, 3.8) is 0 Å². The van der Waals surface area contributed by atoms with E-state index in [1.54, 1.807) is 37.3 Å². The van der Waals surface area contributed by atoms with E-state index in [9.17, 15) is 9.18 Å². The lowest BCUT2D eigenvalue weighted by atomic mass is 10.1. The molecule has 2 rings (SSSR count). The number of benzene rings is 2. The van der Waals surface area contributed by atoms with E-state index in [0.29, 0.717) is 17.9 Å². The lowest BCUT2D eigenvalue weighted by molar-refractivity contribution is 0.0950. The van der Waals surface area contributed by atoms with Crippen molar-refractivity contribution < 1.29 is 13.9 Å². The van der Waals surface area contributed by atoms with E-state index in [2.05, 4.69) is 11.4 Å². The van der Waals surface area contributed by atoms with E-state index in [1.165, 1.54) is 12.1 Å². The molecule has 2 aromatic carbocycles. The predicted octanol–water partition coefficient (Wildman–Crippen LogP) is 3.29. The summed E-state index contributed by atoms with van der Waals surface area (Å²) < 4.78 is 18.6. The number of amides is 1. The van der Waals surface area contributed by atoms with Crippen molar-refractivity contribution >= 4 is 5.91 Å². The van der Waals surface area contributed by atoms with E-state index in [1.807, 2.05) is 6.07 Å². The molecule has 0 bridgehead atoms. The first-order valence-electron chi connectivity index (χ1n) is 7.23. The van der Waals surface area contributed by atoms with Crippen molar-refractivity contribution in [1.82, 2.24) is 5.32 Å². The van der Waals surface area contributed by atoms with E-state index in [-0.39, 0.29) is 24.2 Å². The third-order valence-electron chi connectivity index (χ3n) is 3.18. The van der Waals surface area contributed by atoms with Gasteiger partial charge in [-0.05, 0) is 36.8 Å². The van der Waals surface area contributed by atoms with Crippen LogP contribution in [0, 0.1) is 23.1 Å². The third-order valence-corrected chi connectivity index (χ3v) is 3.18. The molecular weight excluding hydrogens is 295 g/mol. The largest absolute Gasteiger partial charge is 0.489 e. The number of rotatable bonds is 6. The summed E-state index contributed by atoms with van der Waals surface area (Å²) >= 11 is 0. The summed E-state index contributed by atoms with van der Waals surface area (Å²) in [5.41, 5.74) is 1.30. The second kappa shape index (κ2) is 7.95. The van der Waals surface area contributed by atoms with Crippen LogP contribution in [0.3, 0.4) is 0 Å². The van der Waals surface area contributed by atoms with Gasteiger partial charge in [0.25, 0.3) is 5.91 Å². The van der Waals surface area contributed by atoms with Gasteiger partial charge in [0, 0.05) is 18.2 Å². The van der Waals surface area contributed by atoms with Crippen LogP contribution in [0.2, 0.25) is 0 Å². The number of nitrogens with one attached hydrogen (secondary N) is 1. The van der Waals surface area contributed by atoms with E-state index >= 15 is 0 Å². The number of halogens is 1. The molecule has 0 aliphatic rings. The van der Waals surface area contributed by atoms with Crippen LogP contribution < -0.4 is 10.1 Å². The lowest BCUT2D eigenvalue weighted by Gasteiger charge is -2.09. The SMILES string of the molecule is C[C@@H](C#N)CNC(=O)c1cccc(COc2cccc(F)c2)c1. The molecule has 0 aliphatic heterocycles. The molecule has 0 fully saturated rings. The summed E-state index contributed by atoms with van der Waals surface area (Å²) in [5.74, 6) is -0.400. The maximum Gasteiger partial charge on any atom is 0.251 e. The molecule has 23 heavy (non-hydrogen) atoms. The van der Waals surface area contributed by atoms with E-state index in [0.717, 1.165) is 5.56 Å². The maximum absolute atomic E-state index is 13.1. The molecule has 0 aromatic heterocycles. The Morgan fingerprint density at radius 2 is 2.09 bits per heavy atom. The number of carbonyl (C=O) groups is 1. The summed E-state index contributed by atoms with van der Waals surface area (Å²) in [4.78, 5) is 12.0. The monoisotopic (exact) mass is 312 g/mol. The third kappa shape index (κ3) is 5.11. The van der Waals surface area contributed by atoms with Crippen LogP contribution >= 0.6 is 0 Å². The van der Waals surface area contributed by atoms with Gasteiger partial charge < -0.3 is 10.1 Å². The fourth-order valence-electron chi connectivity index (χ4n) is 1.92. The van der Waals surface area contributed by atoms with Crippen LogP contribution in [-0.4, -0.2) is 12.5 Å². The predicted molar refractivity (Wildman–Crippen MR) is 84.3 cm³/mol. The fraction of sp³-hybridized carbons (Fsp3) is 0.222. The molecule has 4 nitrogen and oxygen atoms in total. The molecule has 1 atom stereocenters. The Balaban J connectivity index is 1.96. The van der Waals surface area contributed by atoms with Crippen LogP contribution in [0.5, 0.6) is 5.75 Å². The molecule has 1 amide bonds. The molecule has 0 saturated carbocycles. The van der Waals surface area contributed by atoms with Crippen LogP contribution in [0.15, 0.2) is 48.5 Å². The summed E-state index contributed by atoms with van der Waals surface area (Å²) in [6.07, 6.45) is 0. The molecule has 0 heterocycles. The fourth-order valence-corrected chi connectivity index (χ4v) is 1.92. The number of carbonyl (C=O) groups excluding carboxylic acids is 1. The van der Waals surface area contributed by atoms with Gasteiger partial charge in [0.1, 0.15) is 18.2 Å². The number of hydrogen-bond donors (Lipinski definition) is 1. The highest BCUT2D eigenvalue weighted by atomic mass is 19.1. The molecule has 1 N–H and O–H groups in total. The summed E-state index contributed by atoms with van der Waals surface area (Å²) in [6, 6.07) is 14.9. The van der Waals surface area contributed by atoms with Crippen molar-refractivity contribution in [3.05, 3.63) is 65.5 Å². The number of nitriles is 1. The van der Waals surface area contributed by atoms with E-state index < -0.39 is 0 Å². The van der Waals surface area contributed by atoms with Crippen molar-refractivity contribution in [2.45, 2.75) is 13.5 Å². The molecular formula is C18H17FN2O2. The van der Waals surface area contributed by atoms with Crippen molar-refractivity contribution in [2.24, 2.45) is 5.92 Å². The molecule has 2 aromatic rings. The summed E-state index contributed by atoms with van der Waals surface area (Å²) in [6.45, 7) is 2.28. The van der Waals surface area contributed by atoms with Crippen molar-refractivity contribution in [3.8, 4) is 11.8 Å². The van der Waals surface area contributed by atoms with Crippen LogP contribution in [-0.2, 0) is 6.61 Å². The standard InChI is InChI=1S/C18H17FN2O2/c1-13(10-20)11-21-18(22)15-5-2-4-14(8-15)12-23-17-7-3-6-16(19)9-17/h2-9,13H,11-12H2,1H3,(H,21,22)/t13-/m0/s1. The Morgan fingerprint density at radius 3 is 2.83 bits per heavy atom. The van der Waals surface area contributed by atoms with Crippen molar-refractivity contribution in [1.29, 1.82) is 5.26 Å². The topological polar surface area (TPSA) is 62.1 Å². The highest BCUT2D eigenvalue weighted by Gasteiger charge is 2.08. The van der Waals surface area contributed by atoms with Crippen LogP contribution in [0.25, 0.3) is 0 Å². The Labute approximate surface area is 134 Å². The zero-order valence-corrected chi connectivity index (χ0v) is 12.8. The molecule has 0 radical (unpaired) electrons. The maximum atomic E-state index is 13.1.